The maximum atomic E-state index is 12.7. The fourth-order valence-corrected chi connectivity index (χ4v) is 4.81. The summed E-state index contributed by atoms with van der Waals surface area (Å²) in [6, 6.07) is 8.65. The molecule has 1 aromatic carbocycles. The number of nitrogens with zero attached hydrogens (tertiary/aromatic N) is 2. The second-order valence-electron chi connectivity index (χ2n) is 5.60. The molecule has 2 N–H and O–H groups in total. The van der Waals surface area contributed by atoms with E-state index in [0.717, 1.165) is 12.8 Å². The smallest absolute Gasteiger partial charge is 0.218 e. The molecular weight excluding hydrogens is 322 g/mol. The third kappa shape index (κ3) is 4.20. The Bertz CT molecular complexity index is 642. The van der Waals surface area contributed by atoms with Crippen LogP contribution >= 0.6 is 12.4 Å². The molecule has 0 amide bonds. The van der Waals surface area contributed by atoms with Gasteiger partial charge in [-0.1, -0.05) is 19.1 Å². The minimum atomic E-state index is -3.41. The lowest BCUT2D eigenvalue weighted by Crippen LogP contribution is -2.51. The van der Waals surface area contributed by atoms with Gasteiger partial charge in [0.25, 0.3) is 0 Å². The summed E-state index contributed by atoms with van der Waals surface area (Å²) in [6.07, 6.45) is 1.88. The number of rotatable bonds is 4. The largest absolute Gasteiger partial charge is 0.329 e. The normalized spacial score (nSPS) is 22.6. The van der Waals surface area contributed by atoms with Crippen LogP contribution < -0.4 is 5.73 Å². The maximum absolute atomic E-state index is 12.7. The predicted molar refractivity (Wildman–Crippen MR) is 89.0 cm³/mol. The average molecular weight is 344 g/mol. The van der Waals surface area contributed by atoms with E-state index in [1.54, 1.807) is 28.6 Å². The number of hydrogen-bond acceptors (Lipinski definition) is 4. The molecule has 2 rings (SSSR count). The molecule has 0 bridgehead atoms. The van der Waals surface area contributed by atoms with Gasteiger partial charge >= 0.3 is 0 Å². The van der Waals surface area contributed by atoms with E-state index in [2.05, 4.69) is 6.92 Å². The van der Waals surface area contributed by atoms with Crippen molar-refractivity contribution in [3.05, 3.63) is 35.4 Å². The topological polar surface area (TPSA) is 87.2 Å². The molecule has 2 atom stereocenters. The number of hydrogen-bond donors (Lipinski definition) is 1. The van der Waals surface area contributed by atoms with Crippen LogP contribution in [0.4, 0.5) is 0 Å². The van der Waals surface area contributed by atoms with Gasteiger partial charge in [0.15, 0.2) is 0 Å². The van der Waals surface area contributed by atoms with Crippen molar-refractivity contribution in [2.45, 2.75) is 31.6 Å². The highest BCUT2D eigenvalue weighted by molar-refractivity contribution is 7.88. The van der Waals surface area contributed by atoms with Gasteiger partial charge < -0.3 is 5.73 Å². The van der Waals surface area contributed by atoms with E-state index in [0.29, 0.717) is 24.2 Å². The van der Waals surface area contributed by atoms with E-state index >= 15 is 0 Å². The first-order valence-corrected chi connectivity index (χ1v) is 8.77. The van der Waals surface area contributed by atoms with Gasteiger partial charge in [-0.15, -0.1) is 12.4 Å². The Balaban J connectivity index is 0.00000242. The van der Waals surface area contributed by atoms with Gasteiger partial charge in [-0.3, -0.25) is 0 Å². The molecule has 0 radical (unpaired) electrons. The lowest BCUT2D eigenvalue weighted by molar-refractivity contribution is 0.192. The van der Waals surface area contributed by atoms with Crippen molar-refractivity contribution in [3.8, 4) is 6.07 Å². The number of benzene rings is 1. The number of piperidine rings is 1. The molecule has 0 saturated carbocycles. The van der Waals surface area contributed by atoms with Gasteiger partial charge in [0.1, 0.15) is 0 Å². The summed E-state index contributed by atoms with van der Waals surface area (Å²) in [5.74, 6) is 0.204. The summed E-state index contributed by atoms with van der Waals surface area (Å²) < 4.78 is 26.9. The van der Waals surface area contributed by atoms with Gasteiger partial charge in [-0.05, 0) is 36.5 Å². The molecule has 1 heterocycles. The van der Waals surface area contributed by atoms with Crippen LogP contribution in [0, 0.1) is 17.2 Å². The van der Waals surface area contributed by atoms with E-state index in [-0.39, 0.29) is 30.1 Å². The summed E-state index contributed by atoms with van der Waals surface area (Å²) in [7, 11) is -3.41. The lowest BCUT2D eigenvalue weighted by Gasteiger charge is -2.38. The third-order valence-electron chi connectivity index (χ3n) is 4.07. The van der Waals surface area contributed by atoms with Gasteiger partial charge in [0, 0.05) is 19.1 Å². The molecule has 1 fully saturated rings. The molecule has 1 aliphatic heterocycles. The van der Waals surface area contributed by atoms with Gasteiger partial charge in [0.2, 0.25) is 10.0 Å². The Morgan fingerprint density at radius 1 is 1.45 bits per heavy atom. The van der Waals surface area contributed by atoms with Gasteiger partial charge in [-0.25, -0.2) is 8.42 Å². The van der Waals surface area contributed by atoms with Crippen LogP contribution in [0.3, 0.4) is 0 Å². The lowest BCUT2D eigenvalue weighted by atomic mass is 9.93. The summed E-state index contributed by atoms with van der Waals surface area (Å²) in [6.45, 7) is 2.93. The first-order valence-electron chi connectivity index (χ1n) is 7.16. The van der Waals surface area contributed by atoms with E-state index in [1.807, 2.05) is 6.07 Å². The second kappa shape index (κ2) is 7.93. The highest BCUT2D eigenvalue weighted by Crippen LogP contribution is 2.26. The molecule has 22 heavy (non-hydrogen) atoms. The molecule has 1 aromatic rings. The number of sulfonamides is 1. The Morgan fingerprint density at radius 2 is 2.18 bits per heavy atom. The molecule has 0 aromatic heterocycles. The summed E-state index contributed by atoms with van der Waals surface area (Å²) in [5.41, 5.74) is 6.89. The zero-order valence-electron chi connectivity index (χ0n) is 12.6. The second-order valence-corrected chi connectivity index (χ2v) is 7.52. The van der Waals surface area contributed by atoms with Crippen LogP contribution in [0.15, 0.2) is 24.3 Å². The van der Waals surface area contributed by atoms with Crippen molar-refractivity contribution in [1.29, 1.82) is 5.26 Å². The summed E-state index contributed by atoms with van der Waals surface area (Å²) >= 11 is 0. The fraction of sp³-hybridized carbons (Fsp3) is 0.533. The van der Waals surface area contributed by atoms with Crippen LogP contribution in [0.25, 0.3) is 0 Å². The summed E-state index contributed by atoms with van der Waals surface area (Å²) in [5, 5.41) is 8.90. The van der Waals surface area contributed by atoms with Crippen molar-refractivity contribution in [1.82, 2.24) is 4.31 Å². The standard InChI is InChI=1S/C15H21N3O2S.ClH/c1-12-4-3-7-18(15(12)10-17)21(19,20)11-14-6-2-5-13(8-14)9-16;/h2,5-6,8,12,15H,3-4,7,10-11,17H2,1H3;1H. The minimum Gasteiger partial charge on any atom is -0.329 e. The highest BCUT2D eigenvalue weighted by Gasteiger charge is 2.35. The Labute approximate surface area is 138 Å². The van der Waals surface area contributed by atoms with Crippen molar-refractivity contribution in [2.24, 2.45) is 11.7 Å². The van der Waals surface area contributed by atoms with Crippen LogP contribution in [0.2, 0.25) is 0 Å². The molecule has 5 nitrogen and oxygen atoms in total. The fourth-order valence-electron chi connectivity index (χ4n) is 2.93. The van der Waals surface area contributed by atoms with Crippen molar-refractivity contribution in [3.63, 3.8) is 0 Å². The minimum absolute atomic E-state index is 0. The predicted octanol–water partition coefficient (Wildman–Crippen LogP) is 1.87. The molecule has 0 aliphatic carbocycles. The van der Waals surface area contributed by atoms with Gasteiger partial charge in [-0.2, -0.15) is 9.57 Å². The molecule has 0 spiro atoms. The summed E-state index contributed by atoms with van der Waals surface area (Å²) in [4.78, 5) is 0. The monoisotopic (exact) mass is 343 g/mol. The SMILES string of the molecule is CC1CCCN(S(=O)(=O)Cc2cccc(C#N)c2)C1CN.Cl. The van der Waals surface area contributed by atoms with E-state index in [9.17, 15) is 8.42 Å². The number of nitrogens with two attached hydrogens (primary N) is 1. The molecule has 7 heteroatoms. The Hall–Kier alpha value is -1.13. The van der Waals surface area contributed by atoms with Crippen LogP contribution in [-0.4, -0.2) is 31.9 Å². The molecule has 122 valence electrons. The number of halogens is 1. The van der Waals surface area contributed by atoms with Crippen molar-refractivity contribution >= 4 is 22.4 Å². The van der Waals surface area contributed by atoms with E-state index < -0.39 is 10.0 Å². The highest BCUT2D eigenvalue weighted by atomic mass is 35.5. The Morgan fingerprint density at radius 3 is 2.82 bits per heavy atom. The molecule has 1 saturated heterocycles. The molecule has 1 aliphatic rings. The van der Waals surface area contributed by atoms with Gasteiger partial charge in [0.05, 0.1) is 17.4 Å². The number of nitriles is 1. The van der Waals surface area contributed by atoms with E-state index in [4.69, 9.17) is 11.0 Å². The molecule has 2 unspecified atom stereocenters. The zero-order chi connectivity index (χ0) is 15.5. The molecular formula is C15H22ClN3O2S. The van der Waals surface area contributed by atoms with Crippen molar-refractivity contribution in [2.75, 3.05) is 13.1 Å². The van der Waals surface area contributed by atoms with Crippen LogP contribution in [0.5, 0.6) is 0 Å². The first kappa shape index (κ1) is 18.9. The quantitative estimate of drug-likeness (QED) is 0.904. The average Bonchev–Trinajstić information content (AvgIpc) is 2.46. The van der Waals surface area contributed by atoms with Crippen LogP contribution in [-0.2, 0) is 15.8 Å². The third-order valence-corrected chi connectivity index (χ3v) is 5.93. The maximum Gasteiger partial charge on any atom is 0.218 e. The van der Waals surface area contributed by atoms with E-state index in [1.165, 1.54) is 0 Å². The van der Waals surface area contributed by atoms with Crippen molar-refractivity contribution < 1.29 is 8.42 Å². The zero-order valence-corrected chi connectivity index (χ0v) is 14.2. The first-order chi connectivity index (χ1) is 9.97. The Kier molecular flexibility index (Phi) is 6.82. The van der Waals surface area contributed by atoms with Crippen LogP contribution in [0.1, 0.15) is 30.9 Å².